The van der Waals surface area contributed by atoms with Crippen LogP contribution in [0.3, 0.4) is 0 Å². The number of nitrogens with zero attached hydrogens (tertiary/aromatic N) is 1. The average molecular weight is 298 g/mol. The molecule has 0 saturated carbocycles. The summed E-state index contributed by atoms with van der Waals surface area (Å²) in [6.45, 7) is 0.485. The number of halogens is 1. The van der Waals surface area contributed by atoms with Crippen LogP contribution in [0.1, 0.15) is 15.5 Å². The Morgan fingerprint density at radius 1 is 1.42 bits per heavy atom. The van der Waals surface area contributed by atoms with Crippen LogP contribution in [0.5, 0.6) is 5.75 Å². The highest BCUT2D eigenvalue weighted by Crippen LogP contribution is 2.16. The normalized spacial score (nSPS) is 10.2. The van der Waals surface area contributed by atoms with Gasteiger partial charge in [0.25, 0.3) is 5.91 Å². The molecule has 0 saturated heterocycles. The van der Waals surface area contributed by atoms with E-state index in [1.165, 1.54) is 11.3 Å². The minimum Gasteiger partial charge on any atom is -0.493 e. The van der Waals surface area contributed by atoms with Gasteiger partial charge in [0.15, 0.2) is 0 Å². The molecule has 0 aliphatic heterocycles. The maximum atomic E-state index is 11.2. The van der Waals surface area contributed by atoms with E-state index in [1.807, 2.05) is 5.43 Å². The lowest BCUT2D eigenvalue weighted by atomic mass is 10.3. The van der Waals surface area contributed by atoms with Crippen LogP contribution in [-0.2, 0) is 6.42 Å². The molecule has 19 heavy (non-hydrogen) atoms. The monoisotopic (exact) mass is 297 g/mol. The molecule has 0 bridgehead atoms. The molecule has 0 fully saturated rings. The first kappa shape index (κ1) is 13.8. The fraction of sp³-hybridized carbons (Fsp3) is 0.167. The van der Waals surface area contributed by atoms with Crippen molar-refractivity contribution in [2.45, 2.75) is 6.42 Å². The van der Waals surface area contributed by atoms with E-state index in [9.17, 15) is 4.79 Å². The minimum atomic E-state index is -0.388. The van der Waals surface area contributed by atoms with Crippen LogP contribution >= 0.6 is 22.9 Å². The van der Waals surface area contributed by atoms with E-state index >= 15 is 0 Å². The Balaban J connectivity index is 1.84. The zero-order valence-electron chi connectivity index (χ0n) is 9.93. The zero-order valence-corrected chi connectivity index (χ0v) is 11.5. The molecule has 0 unspecified atom stereocenters. The highest BCUT2D eigenvalue weighted by molar-refractivity contribution is 7.09. The van der Waals surface area contributed by atoms with Gasteiger partial charge in [0.05, 0.1) is 11.6 Å². The van der Waals surface area contributed by atoms with E-state index in [4.69, 9.17) is 22.2 Å². The number of aromatic nitrogens is 1. The Bertz CT molecular complexity index is 556. The molecular weight excluding hydrogens is 286 g/mol. The molecule has 0 radical (unpaired) electrons. The van der Waals surface area contributed by atoms with Crippen molar-refractivity contribution in [1.29, 1.82) is 0 Å². The number of carbonyl (C=O) groups is 1. The van der Waals surface area contributed by atoms with Crippen molar-refractivity contribution in [3.05, 3.63) is 45.4 Å². The summed E-state index contributed by atoms with van der Waals surface area (Å²) >= 11 is 7.18. The molecule has 1 amide bonds. The highest BCUT2D eigenvalue weighted by atomic mass is 35.5. The van der Waals surface area contributed by atoms with Crippen molar-refractivity contribution in [3.63, 3.8) is 0 Å². The molecule has 3 N–H and O–H groups in total. The number of hydrazine groups is 1. The molecule has 7 heteroatoms. The summed E-state index contributed by atoms with van der Waals surface area (Å²) in [6.07, 6.45) is 0.630. The van der Waals surface area contributed by atoms with Gasteiger partial charge in [-0.25, -0.2) is 10.8 Å². The maximum Gasteiger partial charge on any atom is 0.284 e. The van der Waals surface area contributed by atoms with Crippen molar-refractivity contribution in [3.8, 4) is 5.75 Å². The number of benzene rings is 1. The molecule has 2 rings (SSSR count). The molecule has 1 aromatic carbocycles. The Kier molecular flexibility index (Phi) is 4.73. The molecule has 100 valence electrons. The quantitative estimate of drug-likeness (QED) is 0.503. The van der Waals surface area contributed by atoms with Crippen LogP contribution in [0.15, 0.2) is 29.6 Å². The lowest BCUT2D eigenvalue weighted by Crippen LogP contribution is -2.30. The van der Waals surface area contributed by atoms with E-state index in [1.54, 1.807) is 29.6 Å². The minimum absolute atomic E-state index is 0.328. The van der Waals surface area contributed by atoms with Gasteiger partial charge in [-0.05, 0) is 24.3 Å². The molecular formula is C12H12ClN3O2S. The van der Waals surface area contributed by atoms with E-state index in [2.05, 4.69) is 4.98 Å². The van der Waals surface area contributed by atoms with Gasteiger partial charge in [0.1, 0.15) is 11.4 Å². The summed E-state index contributed by atoms with van der Waals surface area (Å²) in [5.74, 6) is 5.39. The second-order valence-electron chi connectivity index (χ2n) is 3.65. The van der Waals surface area contributed by atoms with E-state index in [0.29, 0.717) is 23.7 Å². The largest absolute Gasteiger partial charge is 0.493 e. The van der Waals surface area contributed by atoms with E-state index in [-0.39, 0.29) is 5.91 Å². The summed E-state index contributed by atoms with van der Waals surface area (Å²) in [6, 6.07) is 7.14. The first-order valence-electron chi connectivity index (χ1n) is 5.53. The molecule has 0 atom stereocenters. The molecule has 2 aromatic rings. The number of nitrogens with one attached hydrogen (secondary N) is 1. The Morgan fingerprint density at radius 2 is 2.16 bits per heavy atom. The fourth-order valence-electron chi connectivity index (χ4n) is 1.39. The second-order valence-corrected chi connectivity index (χ2v) is 5.03. The van der Waals surface area contributed by atoms with Gasteiger partial charge in [-0.1, -0.05) is 11.6 Å². The summed E-state index contributed by atoms with van der Waals surface area (Å²) in [4.78, 5) is 15.4. The van der Waals surface area contributed by atoms with Crippen LogP contribution in [0.2, 0.25) is 5.02 Å². The number of thiazole rings is 1. The predicted molar refractivity (Wildman–Crippen MR) is 74.4 cm³/mol. The third-order valence-corrected chi connectivity index (χ3v) is 3.47. The third-order valence-electron chi connectivity index (χ3n) is 2.31. The van der Waals surface area contributed by atoms with Crippen molar-refractivity contribution >= 4 is 28.8 Å². The van der Waals surface area contributed by atoms with Gasteiger partial charge in [-0.2, -0.15) is 0 Å². The maximum absolute atomic E-state index is 11.2. The standard InChI is InChI=1S/C12H12ClN3O2S/c13-8-1-3-9(4-2-8)18-6-5-11-15-10(7-19-11)12(17)16-14/h1-4,7H,5-6,14H2,(H,16,17). The van der Waals surface area contributed by atoms with Crippen molar-refractivity contribution < 1.29 is 9.53 Å². The van der Waals surface area contributed by atoms with E-state index < -0.39 is 0 Å². The number of nitrogens with two attached hydrogens (primary N) is 1. The molecule has 5 nitrogen and oxygen atoms in total. The van der Waals surface area contributed by atoms with Gasteiger partial charge in [-0.3, -0.25) is 10.2 Å². The van der Waals surface area contributed by atoms with Gasteiger partial charge in [-0.15, -0.1) is 11.3 Å². The van der Waals surface area contributed by atoms with Crippen molar-refractivity contribution in [2.24, 2.45) is 5.84 Å². The number of hydrogen-bond acceptors (Lipinski definition) is 5. The number of rotatable bonds is 5. The summed E-state index contributed by atoms with van der Waals surface area (Å²) in [5, 5.41) is 3.16. The van der Waals surface area contributed by atoms with Crippen molar-refractivity contribution in [1.82, 2.24) is 10.4 Å². The number of nitrogen functional groups attached to an aromatic ring is 1. The van der Waals surface area contributed by atoms with E-state index in [0.717, 1.165) is 10.8 Å². The molecule has 1 aromatic heterocycles. The van der Waals surface area contributed by atoms with Crippen LogP contribution in [0, 0.1) is 0 Å². The van der Waals surface area contributed by atoms with Crippen molar-refractivity contribution in [2.75, 3.05) is 6.61 Å². The van der Waals surface area contributed by atoms with Crippen LogP contribution in [-0.4, -0.2) is 17.5 Å². The summed E-state index contributed by atoms with van der Waals surface area (Å²) in [5.41, 5.74) is 2.37. The van der Waals surface area contributed by atoms with Gasteiger partial charge >= 0.3 is 0 Å². The topological polar surface area (TPSA) is 77.2 Å². The second kappa shape index (κ2) is 6.51. The first-order valence-corrected chi connectivity index (χ1v) is 6.78. The van der Waals surface area contributed by atoms with Crippen LogP contribution in [0.25, 0.3) is 0 Å². The number of hydrogen-bond donors (Lipinski definition) is 2. The molecule has 0 aliphatic carbocycles. The fourth-order valence-corrected chi connectivity index (χ4v) is 2.28. The number of amides is 1. The first-order chi connectivity index (χ1) is 9.19. The lowest BCUT2D eigenvalue weighted by molar-refractivity contribution is 0.0949. The smallest absolute Gasteiger partial charge is 0.284 e. The van der Waals surface area contributed by atoms with Gasteiger partial charge in [0, 0.05) is 16.8 Å². The predicted octanol–water partition coefficient (Wildman–Crippen LogP) is 2.02. The molecule has 1 heterocycles. The summed E-state index contributed by atoms with van der Waals surface area (Å²) < 4.78 is 5.54. The Labute approximate surface area is 119 Å². The Morgan fingerprint density at radius 3 is 2.84 bits per heavy atom. The van der Waals surface area contributed by atoms with Gasteiger partial charge < -0.3 is 4.74 Å². The summed E-state index contributed by atoms with van der Waals surface area (Å²) in [7, 11) is 0. The SMILES string of the molecule is NNC(=O)c1csc(CCOc2ccc(Cl)cc2)n1. The number of carbonyl (C=O) groups excluding carboxylic acids is 1. The number of ether oxygens (including phenoxy) is 1. The zero-order chi connectivity index (χ0) is 13.7. The van der Waals surface area contributed by atoms with Crippen LogP contribution < -0.4 is 16.0 Å². The lowest BCUT2D eigenvalue weighted by Gasteiger charge is -2.04. The molecule has 0 aliphatic rings. The highest BCUT2D eigenvalue weighted by Gasteiger charge is 2.08. The average Bonchev–Trinajstić information content (AvgIpc) is 2.89. The Hall–Kier alpha value is -1.63. The van der Waals surface area contributed by atoms with Gasteiger partial charge in [0.2, 0.25) is 0 Å². The van der Waals surface area contributed by atoms with Crippen LogP contribution in [0.4, 0.5) is 0 Å². The third kappa shape index (κ3) is 3.92. The molecule has 0 spiro atoms.